The molecule has 2 aromatic carbocycles. The Morgan fingerprint density at radius 3 is 2.33 bits per heavy atom. The molecule has 1 aliphatic heterocycles. The molecule has 0 bridgehead atoms. The summed E-state index contributed by atoms with van der Waals surface area (Å²) in [7, 11) is -1.90. The molecule has 0 atom stereocenters. The molecule has 0 N–H and O–H groups in total. The van der Waals surface area contributed by atoms with E-state index in [-0.39, 0.29) is 23.2 Å². The number of anilines is 1. The van der Waals surface area contributed by atoms with Gasteiger partial charge >= 0.3 is 0 Å². The number of ether oxygens (including phenoxy) is 1. The number of likely N-dealkylation sites (N-methyl/N-ethyl adjacent to an activating group) is 1. The van der Waals surface area contributed by atoms with E-state index in [9.17, 15) is 13.2 Å². The van der Waals surface area contributed by atoms with Crippen LogP contribution in [-0.4, -0.2) is 74.9 Å². The largest absolute Gasteiger partial charge is 0.497 e. The van der Waals surface area contributed by atoms with E-state index in [4.69, 9.17) is 9.72 Å². The second-order valence-corrected chi connectivity index (χ2v) is 11.4. The Bertz CT molecular complexity index is 1270. The van der Waals surface area contributed by atoms with Gasteiger partial charge in [-0.3, -0.25) is 9.69 Å². The van der Waals surface area contributed by atoms with Crippen LogP contribution >= 0.6 is 23.7 Å². The second-order valence-electron chi connectivity index (χ2n) is 8.45. The van der Waals surface area contributed by atoms with Gasteiger partial charge in [-0.25, -0.2) is 13.4 Å². The molecule has 0 aliphatic carbocycles. The van der Waals surface area contributed by atoms with Gasteiger partial charge in [0.1, 0.15) is 5.75 Å². The van der Waals surface area contributed by atoms with Gasteiger partial charge in [0.05, 0.1) is 22.2 Å². The summed E-state index contributed by atoms with van der Waals surface area (Å²) in [6, 6.07) is 11.9. The van der Waals surface area contributed by atoms with Crippen molar-refractivity contribution in [2.24, 2.45) is 0 Å². The highest BCUT2D eigenvalue weighted by atomic mass is 35.5. The standard InChI is InChI=1S/C25H32N4O4S2.ClH/c1-4-27(5-2)16-17-29(25-26-22-13-10-20(33-3)18-23(22)34-25)24(30)19-8-11-21(12-9-19)35(31,32)28-14-6-7-15-28;/h8-13,18H,4-7,14-17H2,1-3H3;1H. The lowest BCUT2D eigenvalue weighted by molar-refractivity contribution is 0.0983. The van der Waals surface area contributed by atoms with Crippen molar-refractivity contribution in [3.63, 3.8) is 0 Å². The highest BCUT2D eigenvalue weighted by molar-refractivity contribution is 7.89. The number of carbonyl (C=O) groups excluding carboxylic acids is 1. The smallest absolute Gasteiger partial charge is 0.260 e. The number of sulfonamides is 1. The Morgan fingerprint density at radius 1 is 1.06 bits per heavy atom. The average Bonchev–Trinajstić information content (AvgIpc) is 3.57. The number of nitrogens with zero attached hydrogens (tertiary/aromatic N) is 4. The first kappa shape index (κ1) is 28.3. The minimum atomic E-state index is -3.53. The maximum Gasteiger partial charge on any atom is 0.260 e. The lowest BCUT2D eigenvalue weighted by Crippen LogP contribution is -2.38. The molecule has 3 aromatic rings. The number of benzene rings is 2. The zero-order valence-electron chi connectivity index (χ0n) is 20.8. The normalized spacial score (nSPS) is 14.2. The predicted octanol–water partition coefficient (Wildman–Crippen LogP) is 4.50. The summed E-state index contributed by atoms with van der Waals surface area (Å²) in [5, 5.41) is 0.610. The molecule has 1 fully saturated rings. The minimum absolute atomic E-state index is 0. The summed E-state index contributed by atoms with van der Waals surface area (Å²) in [6.07, 6.45) is 1.76. The van der Waals surface area contributed by atoms with Crippen molar-refractivity contribution < 1.29 is 17.9 Å². The topological polar surface area (TPSA) is 83.1 Å². The number of carbonyl (C=O) groups is 1. The molecule has 0 saturated carbocycles. The minimum Gasteiger partial charge on any atom is -0.497 e. The molecule has 1 amide bonds. The summed E-state index contributed by atoms with van der Waals surface area (Å²) < 4.78 is 33.5. The van der Waals surface area contributed by atoms with Crippen LogP contribution in [0.4, 0.5) is 5.13 Å². The van der Waals surface area contributed by atoms with E-state index < -0.39 is 10.0 Å². The number of halogens is 1. The number of aromatic nitrogens is 1. The van der Waals surface area contributed by atoms with Crippen LogP contribution in [0.15, 0.2) is 47.4 Å². The van der Waals surface area contributed by atoms with Crippen molar-refractivity contribution in [1.82, 2.24) is 14.2 Å². The van der Waals surface area contributed by atoms with Gasteiger partial charge in [0.2, 0.25) is 10.0 Å². The third-order valence-corrected chi connectivity index (χ3v) is 9.35. The van der Waals surface area contributed by atoms with Gasteiger partial charge in [-0.2, -0.15) is 4.31 Å². The third-order valence-electron chi connectivity index (χ3n) is 6.40. The molecule has 1 aromatic heterocycles. The van der Waals surface area contributed by atoms with Gasteiger partial charge in [-0.05, 0) is 68.4 Å². The molecule has 0 spiro atoms. The number of fused-ring (bicyclic) bond motifs is 1. The lowest BCUT2D eigenvalue weighted by Gasteiger charge is -2.25. The van der Waals surface area contributed by atoms with Gasteiger partial charge < -0.3 is 9.64 Å². The molecule has 36 heavy (non-hydrogen) atoms. The number of hydrogen-bond acceptors (Lipinski definition) is 7. The van der Waals surface area contributed by atoms with Crippen molar-refractivity contribution in [1.29, 1.82) is 0 Å². The van der Waals surface area contributed by atoms with Crippen LogP contribution in [0.3, 0.4) is 0 Å². The summed E-state index contributed by atoms with van der Waals surface area (Å²) in [5.41, 5.74) is 1.24. The maximum atomic E-state index is 13.6. The molecule has 0 radical (unpaired) electrons. The van der Waals surface area contributed by atoms with Crippen LogP contribution in [0, 0.1) is 0 Å². The number of thiazole rings is 1. The Hall–Kier alpha value is -2.24. The van der Waals surface area contributed by atoms with E-state index in [0.29, 0.717) is 36.9 Å². The Balaban J connectivity index is 0.00000361. The third kappa shape index (κ3) is 6.00. The molecule has 2 heterocycles. The molecule has 11 heteroatoms. The highest BCUT2D eigenvalue weighted by Crippen LogP contribution is 2.32. The SMILES string of the molecule is CCN(CC)CCN(C(=O)c1ccc(S(=O)(=O)N2CCCC2)cc1)c1nc2ccc(OC)cc2s1.Cl. The highest BCUT2D eigenvalue weighted by Gasteiger charge is 2.28. The fourth-order valence-electron chi connectivity index (χ4n) is 4.20. The summed E-state index contributed by atoms with van der Waals surface area (Å²) in [6.45, 7) is 8.25. The predicted molar refractivity (Wildman–Crippen MR) is 147 cm³/mol. The molecule has 1 aliphatic rings. The number of rotatable bonds is 10. The fourth-order valence-corrected chi connectivity index (χ4v) is 6.74. The Labute approximate surface area is 223 Å². The number of hydrogen-bond donors (Lipinski definition) is 0. The van der Waals surface area contributed by atoms with Gasteiger partial charge in [-0.1, -0.05) is 25.2 Å². The van der Waals surface area contributed by atoms with Crippen LogP contribution in [0.2, 0.25) is 0 Å². The van der Waals surface area contributed by atoms with E-state index in [1.54, 1.807) is 24.1 Å². The second kappa shape index (κ2) is 12.3. The van der Waals surface area contributed by atoms with E-state index in [0.717, 1.165) is 41.9 Å². The van der Waals surface area contributed by atoms with Crippen molar-refractivity contribution in [3.8, 4) is 5.75 Å². The molecule has 4 rings (SSSR count). The van der Waals surface area contributed by atoms with E-state index in [2.05, 4.69) is 18.7 Å². The van der Waals surface area contributed by atoms with E-state index in [1.165, 1.54) is 27.8 Å². The first-order chi connectivity index (χ1) is 16.9. The summed E-state index contributed by atoms with van der Waals surface area (Å²) in [5.74, 6) is 0.539. The molecule has 0 unspecified atom stereocenters. The number of methoxy groups -OCH3 is 1. The van der Waals surface area contributed by atoms with Gasteiger partial charge in [0, 0.05) is 31.7 Å². The van der Waals surface area contributed by atoms with Gasteiger partial charge in [0.15, 0.2) is 5.13 Å². The molecular formula is C25H33ClN4O4S2. The quantitative estimate of drug-likeness (QED) is 0.368. The molecule has 1 saturated heterocycles. The van der Waals surface area contributed by atoms with E-state index >= 15 is 0 Å². The van der Waals surface area contributed by atoms with Crippen molar-refractivity contribution in [3.05, 3.63) is 48.0 Å². The summed E-state index contributed by atoms with van der Waals surface area (Å²) >= 11 is 1.44. The van der Waals surface area contributed by atoms with Crippen LogP contribution in [0.5, 0.6) is 5.75 Å². The number of amides is 1. The first-order valence-electron chi connectivity index (χ1n) is 12.0. The van der Waals surface area contributed by atoms with E-state index in [1.807, 2.05) is 18.2 Å². The van der Waals surface area contributed by atoms with Gasteiger partial charge in [0.25, 0.3) is 5.91 Å². The maximum absolute atomic E-state index is 13.6. The first-order valence-corrected chi connectivity index (χ1v) is 14.2. The zero-order valence-corrected chi connectivity index (χ0v) is 23.3. The van der Waals surface area contributed by atoms with Crippen molar-refractivity contribution in [2.45, 2.75) is 31.6 Å². The van der Waals surface area contributed by atoms with Crippen LogP contribution in [-0.2, 0) is 10.0 Å². The lowest BCUT2D eigenvalue weighted by atomic mass is 10.2. The van der Waals surface area contributed by atoms with Crippen LogP contribution in [0.25, 0.3) is 10.2 Å². The van der Waals surface area contributed by atoms with Crippen LogP contribution in [0.1, 0.15) is 37.0 Å². The van der Waals surface area contributed by atoms with Gasteiger partial charge in [-0.15, -0.1) is 12.4 Å². The molecule has 8 nitrogen and oxygen atoms in total. The van der Waals surface area contributed by atoms with Crippen LogP contribution < -0.4 is 9.64 Å². The van der Waals surface area contributed by atoms with Crippen molar-refractivity contribution in [2.75, 3.05) is 51.3 Å². The summed E-state index contributed by atoms with van der Waals surface area (Å²) in [4.78, 5) is 22.5. The fraction of sp³-hybridized carbons (Fsp3) is 0.440. The average molecular weight is 553 g/mol. The molecule has 196 valence electrons. The van der Waals surface area contributed by atoms with Crippen molar-refractivity contribution >= 4 is 55.0 Å². The zero-order chi connectivity index (χ0) is 25.0. The monoisotopic (exact) mass is 552 g/mol. The Kier molecular flexibility index (Phi) is 9.71. The molecular weight excluding hydrogens is 520 g/mol. The Morgan fingerprint density at radius 2 is 1.72 bits per heavy atom.